The molecular weight excluding hydrogens is 188 g/mol. The molecule has 0 aromatic heterocycles. The highest BCUT2D eigenvalue weighted by Gasteiger charge is 2.20. The molecule has 1 rings (SSSR count). The van der Waals surface area contributed by atoms with Crippen molar-refractivity contribution in [2.45, 2.75) is 33.3 Å². The topological polar surface area (TPSA) is 26.3 Å². The molecule has 0 aliphatic rings. The summed E-state index contributed by atoms with van der Waals surface area (Å²) >= 11 is 0. The summed E-state index contributed by atoms with van der Waals surface area (Å²) in [6, 6.07) is 9.48. The van der Waals surface area contributed by atoms with Crippen LogP contribution in [-0.2, 0) is 4.79 Å². The molecule has 15 heavy (non-hydrogen) atoms. The zero-order valence-electron chi connectivity index (χ0n) is 9.57. The zero-order chi connectivity index (χ0) is 11.3. The Hall–Kier alpha value is -1.31. The lowest BCUT2D eigenvalue weighted by Crippen LogP contribution is -2.30. The van der Waals surface area contributed by atoms with Crippen molar-refractivity contribution in [1.29, 1.82) is 0 Å². The Kier molecular flexibility index (Phi) is 4.35. The van der Waals surface area contributed by atoms with Gasteiger partial charge in [0.1, 0.15) is 5.75 Å². The molecule has 82 valence electrons. The number of ether oxygens (including phenoxy) is 1. The summed E-state index contributed by atoms with van der Waals surface area (Å²) in [5.74, 6) is 0.957. The van der Waals surface area contributed by atoms with E-state index in [0.29, 0.717) is 6.42 Å². The van der Waals surface area contributed by atoms with Crippen LogP contribution in [0.4, 0.5) is 0 Å². The Morgan fingerprint density at radius 1 is 1.27 bits per heavy atom. The number of rotatable bonds is 5. The molecule has 1 atom stereocenters. The highest BCUT2D eigenvalue weighted by molar-refractivity contribution is 5.85. The minimum absolute atomic E-state index is 0.0265. The number of benzene rings is 1. The zero-order valence-corrected chi connectivity index (χ0v) is 9.57. The maximum absolute atomic E-state index is 11.8. The molecule has 0 saturated heterocycles. The van der Waals surface area contributed by atoms with Gasteiger partial charge in [-0.1, -0.05) is 39.0 Å². The van der Waals surface area contributed by atoms with Gasteiger partial charge in [0, 0.05) is 5.92 Å². The van der Waals surface area contributed by atoms with E-state index in [-0.39, 0.29) is 17.8 Å². The minimum atomic E-state index is -0.313. The predicted octanol–water partition coefficient (Wildman–Crippen LogP) is 3.07. The standard InChI is InChI=1S/C13H18O2/c1-4-12(13(14)10(2)3)15-11-8-6-5-7-9-11/h5-10,12H,4H2,1-3H3. The number of para-hydroxylation sites is 1. The lowest BCUT2D eigenvalue weighted by molar-refractivity contribution is -0.128. The SMILES string of the molecule is CCC(Oc1ccccc1)C(=O)C(C)C. The lowest BCUT2D eigenvalue weighted by atomic mass is 10.0. The molecule has 0 amide bonds. The average molecular weight is 206 g/mol. The second kappa shape index (κ2) is 5.54. The van der Waals surface area contributed by atoms with Gasteiger partial charge in [-0.15, -0.1) is 0 Å². The van der Waals surface area contributed by atoms with Gasteiger partial charge in [-0.3, -0.25) is 4.79 Å². The minimum Gasteiger partial charge on any atom is -0.483 e. The summed E-state index contributed by atoms with van der Waals surface area (Å²) in [4.78, 5) is 11.8. The molecule has 2 nitrogen and oxygen atoms in total. The number of Topliss-reactive ketones (excluding diaryl/α,β-unsaturated/α-hetero) is 1. The van der Waals surface area contributed by atoms with Crippen molar-refractivity contribution in [3.05, 3.63) is 30.3 Å². The molecule has 0 fully saturated rings. The van der Waals surface area contributed by atoms with Gasteiger partial charge < -0.3 is 4.74 Å². The van der Waals surface area contributed by atoms with Gasteiger partial charge >= 0.3 is 0 Å². The third-order valence-electron chi connectivity index (χ3n) is 2.28. The molecule has 0 saturated carbocycles. The van der Waals surface area contributed by atoms with Crippen LogP contribution in [0.25, 0.3) is 0 Å². The number of ketones is 1. The summed E-state index contributed by atoms with van der Waals surface area (Å²) in [5.41, 5.74) is 0. The van der Waals surface area contributed by atoms with E-state index in [0.717, 1.165) is 5.75 Å². The molecule has 0 N–H and O–H groups in total. The highest BCUT2D eigenvalue weighted by Crippen LogP contribution is 2.15. The fraction of sp³-hybridized carbons (Fsp3) is 0.462. The first-order valence-electron chi connectivity index (χ1n) is 5.40. The number of hydrogen-bond donors (Lipinski definition) is 0. The summed E-state index contributed by atoms with van der Waals surface area (Å²) in [7, 11) is 0. The predicted molar refractivity (Wildman–Crippen MR) is 61.0 cm³/mol. The van der Waals surface area contributed by atoms with Crippen LogP contribution in [0.3, 0.4) is 0 Å². The van der Waals surface area contributed by atoms with Gasteiger partial charge in [0.15, 0.2) is 11.9 Å². The van der Waals surface area contributed by atoms with Gasteiger partial charge in [0.2, 0.25) is 0 Å². The van der Waals surface area contributed by atoms with Gasteiger partial charge in [-0.05, 0) is 18.6 Å². The molecule has 0 bridgehead atoms. The molecule has 2 heteroatoms. The second-order valence-electron chi connectivity index (χ2n) is 3.88. The van der Waals surface area contributed by atoms with E-state index in [1.807, 2.05) is 51.1 Å². The van der Waals surface area contributed by atoms with Crippen molar-refractivity contribution in [1.82, 2.24) is 0 Å². The van der Waals surface area contributed by atoms with Gasteiger partial charge in [0.05, 0.1) is 0 Å². The smallest absolute Gasteiger partial charge is 0.175 e. The van der Waals surface area contributed by atoms with Crippen LogP contribution in [0.15, 0.2) is 30.3 Å². The van der Waals surface area contributed by atoms with E-state index in [9.17, 15) is 4.79 Å². The molecule has 1 aromatic rings. The van der Waals surface area contributed by atoms with Crippen molar-refractivity contribution in [2.24, 2.45) is 5.92 Å². The summed E-state index contributed by atoms with van der Waals surface area (Å²) in [6.07, 6.45) is 0.402. The Labute approximate surface area is 91.3 Å². The monoisotopic (exact) mass is 206 g/mol. The summed E-state index contributed by atoms with van der Waals surface area (Å²) in [5, 5.41) is 0. The molecule has 1 unspecified atom stereocenters. The maximum Gasteiger partial charge on any atom is 0.175 e. The molecule has 0 heterocycles. The normalized spacial score (nSPS) is 12.5. The van der Waals surface area contributed by atoms with Crippen molar-refractivity contribution in [3.8, 4) is 5.75 Å². The number of carbonyl (C=O) groups excluding carboxylic acids is 1. The molecule has 0 aliphatic heterocycles. The molecular formula is C13H18O2. The Morgan fingerprint density at radius 3 is 2.33 bits per heavy atom. The van der Waals surface area contributed by atoms with Crippen LogP contribution in [0.2, 0.25) is 0 Å². The van der Waals surface area contributed by atoms with E-state index < -0.39 is 0 Å². The maximum atomic E-state index is 11.8. The van der Waals surface area contributed by atoms with E-state index in [4.69, 9.17) is 4.74 Å². The van der Waals surface area contributed by atoms with Gasteiger partial charge in [-0.25, -0.2) is 0 Å². The van der Waals surface area contributed by atoms with Crippen molar-refractivity contribution in [3.63, 3.8) is 0 Å². The van der Waals surface area contributed by atoms with E-state index >= 15 is 0 Å². The van der Waals surface area contributed by atoms with Crippen LogP contribution >= 0.6 is 0 Å². The van der Waals surface area contributed by atoms with E-state index in [2.05, 4.69) is 0 Å². The number of carbonyl (C=O) groups is 1. The molecule has 0 radical (unpaired) electrons. The van der Waals surface area contributed by atoms with Gasteiger partial charge in [0.25, 0.3) is 0 Å². The largest absolute Gasteiger partial charge is 0.483 e. The first-order valence-corrected chi connectivity index (χ1v) is 5.40. The molecule has 0 spiro atoms. The summed E-state index contributed by atoms with van der Waals surface area (Å²) < 4.78 is 5.64. The second-order valence-corrected chi connectivity index (χ2v) is 3.88. The Morgan fingerprint density at radius 2 is 1.87 bits per heavy atom. The third kappa shape index (κ3) is 3.39. The third-order valence-corrected chi connectivity index (χ3v) is 2.28. The van der Waals surface area contributed by atoms with Crippen LogP contribution in [0, 0.1) is 5.92 Å². The first-order chi connectivity index (χ1) is 7.15. The van der Waals surface area contributed by atoms with Crippen LogP contribution < -0.4 is 4.74 Å². The molecule has 0 aliphatic carbocycles. The van der Waals surface area contributed by atoms with Crippen LogP contribution in [0.5, 0.6) is 5.75 Å². The average Bonchev–Trinajstić information content (AvgIpc) is 2.26. The highest BCUT2D eigenvalue weighted by atomic mass is 16.5. The Bertz CT molecular complexity index is 304. The quantitative estimate of drug-likeness (QED) is 0.740. The first kappa shape index (κ1) is 11.8. The van der Waals surface area contributed by atoms with Crippen molar-refractivity contribution >= 4 is 5.78 Å². The fourth-order valence-electron chi connectivity index (χ4n) is 1.38. The summed E-state index contributed by atoms with van der Waals surface area (Å²) in [6.45, 7) is 5.77. The van der Waals surface area contributed by atoms with Crippen LogP contribution in [0.1, 0.15) is 27.2 Å². The Balaban J connectivity index is 2.66. The van der Waals surface area contributed by atoms with Crippen LogP contribution in [-0.4, -0.2) is 11.9 Å². The fourth-order valence-corrected chi connectivity index (χ4v) is 1.38. The lowest BCUT2D eigenvalue weighted by Gasteiger charge is -2.18. The van der Waals surface area contributed by atoms with E-state index in [1.54, 1.807) is 0 Å². The molecule has 1 aromatic carbocycles. The van der Waals surface area contributed by atoms with Gasteiger partial charge in [-0.2, -0.15) is 0 Å². The number of hydrogen-bond acceptors (Lipinski definition) is 2. The van der Waals surface area contributed by atoms with Crippen molar-refractivity contribution in [2.75, 3.05) is 0 Å². The van der Waals surface area contributed by atoms with E-state index in [1.165, 1.54) is 0 Å². The van der Waals surface area contributed by atoms with Crippen molar-refractivity contribution < 1.29 is 9.53 Å².